The van der Waals surface area contributed by atoms with Crippen molar-refractivity contribution in [2.75, 3.05) is 31.3 Å². The number of rotatable bonds is 3. The second-order valence-electron chi connectivity index (χ2n) is 7.09. The van der Waals surface area contributed by atoms with Gasteiger partial charge in [-0.3, -0.25) is 4.79 Å². The van der Waals surface area contributed by atoms with Gasteiger partial charge in [-0.1, -0.05) is 32.5 Å². The van der Waals surface area contributed by atoms with Gasteiger partial charge in [0.15, 0.2) is 11.0 Å². The van der Waals surface area contributed by atoms with Crippen LogP contribution in [0.15, 0.2) is 11.4 Å². The number of nitriles is 1. The summed E-state index contributed by atoms with van der Waals surface area (Å²) in [5, 5.41) is 9.97. The van der Waals surface area contributed by atoms with Crippen LogP contribution in [0.2, 0.25) is 0 Å². The van der Waals surface area contributed by atoms with E-state index in [2.05, 4.69) is 20.9 Å². The minimum Gasteiger partial charge on any atom is -0.355 e. The Hall–Kier alpha value is -1.81. The van der Waals surface area contributed by atoms with Crippen molar-refractivity contribution in [2.24, 2.45) is 5.41 Å². The van der Waals surface area contributed by atoms with Crippen molar-refractivity contribution in [3.05, 3.63) is 11.8 Å². The molecule has 0 N–H and O–H groups in total. The standard InChI is InChI=1S/C17H25N5OS/c1-17(2,3)15(23)21(4)13-6-8-22(9-7-13)14-12(10-18)11-19-16(20-14)24-5/h11,13H,6-9H2,1-5H3. The first-order chi connectivity index (χ1) is 11.3. The molecule has 1 aromatic rings. The third kappa shape index (κ3) is 3.99. The minimum atomic E-state index is -0.361. The van der Waals surface area contributed by atoms with Crippen molar-refractivity contribution in [3.63, 3.8) is 0 Å². The largest absolute Gasteiger partial charge is 0.355 e. The van der Waals surface area contributed by atoms with Crippen LogP contribution in [0.5, 0.6) is 0 Å². The molecule has 7 heteroatoms. The van der Waals surface area contributed by atoms with E-state index < -0.39 is 0 Å². The van der Waals surface area contributed by atoms with E-state index in [0.717, 1.165) is 25.9 Å². The molecule has 0 unspecified atom stereocenters. The lowest BCUT2D eigenvalue weighted by Crippen LogP contribution is -2.49. The predicted molar refractivity (Wildman–Crippen MR) is 96.0 cm³/mol. The molecule has 0 spiro atoms. The SMILES string of the molecule is CSc1ncc(C#N)c(N2CCC(N(C)C(=O)C(C)(C)C)CC2)n1. The first kappa shape index (κ1) is 18.5. The van der Waals surface area contributed by atoms with E-state index in [-0.39, 0.29) is 17.4 Å². The molecule has 1 aromatic heterocycles. The van der Waals surface area contributed by atoms with E-state index in [0.29, 0.717) is 16.5 Å². The van der Waals surface area contributed by atoms with Gasteiger partial charge >= 0.3 is 0 Å². The van der Waals surface area contributed by atoms with E-state index in [9.17, 15) is 10.1 Å². The number of hydrogen-bond donors (Lipinski definition) is 0. The van der Waals surface area contributed by atoms with Gasteiger partial charge in [-0.05, 0) is 19.1 Å². The lowest BCUT2D eigenvalue weighted by atomic mass is 9.92. The van der Waals surface area contributed by atoms with Crippen LogP contribution >= 0.6 is 11.8 Å². The maximum absolute atomic E-state index is 12.4. The molecule has 1 aliphatic heterocycles. The van der Waals surface area contributed by atoms with Gasteiger partial charge in [0.2, 0.25) is 5.91 Å². The van der Waals surface area contributed by atoms with Crippen LogP contribution in [0.25, 0.3) is 0 Å². The van der Waals surface area contributed by atoms with Crippen molar-refractivity contribution in [1.82, 2.24) is 14.9 Å². The average molecular weight is 347 g/mol. The molecule has 0 radical (unpaired) electrons. The molecule has 2 rings (SSSR count). The number of carbonyl (C=O) groups excluding carboxylic acids is 1. The third-order valence-electron chi connectivity index (χ3n) is 4.32. The van der Waals surface area contributed by atoms with Gasteiger partial charge in [0.1, 0.15) is 11.6 Å². The highest BCUT2D eigenvalue weighted by atomic mass is 32.2. The Labute approximate surface area is 148 Å². The van der Waals surface area contributed by atoms with E-state index in [1.807, 2.05) is 39.0 Å². The fourth-order valence-corrected chi connectivity index (χ4v) is 3.27. The summed E-state index contributed by atoms with van der Waals surface area (Å²) in [4.78, 5) is 25.1. The van der Waals surface area contributed by atoms with Gasteiger partial charge in [-0.15, -0.1) is 0 Å². The Morgan fingerprint density at radius 3 is 2.54 bits per heavy atom. The third-order valence-corrected chi connectivity index (χ3v) is 4.89. The summed E-state index contributed by atoms with van der Waals surface area (Å²) >= 11 is 1.47. The lowest BCUT2D eigenvalue weighted by molar-refractivity contribution is -0.140. The van der Waals surface area contributed by atoms with Crippen LogP contribution in [-0.4, -0.2) is 53.2 Å². The molecule has 0 atom stereocenters. The normalized spacial score (nSPS) is 15.9. The highest BCUT2D eigenvalue weighted by molar-refractivity contribution is 7.98. The Kier molecular flexibility index (Phi) is 5.70. The number of hydrogen-bond acceptors (Lipinski definition) is 6. The smallest absolute Gasteiger partial charge is 0.227 e. The molecule has 24 heavy (non-hydrogen) atoms. The maximum atomic E-state index is 12.4. The highest BCUT2D eigenvalue weighted by Gasteiger charge is 2.32. The number of carbonyl (C=O) groups is 1. The zero-order valence-electron chi connectivity index (χ0n) is 15.0. The van der Waals surface area contributed by atoms with Gasteiger partial charge in [0, 0.05) is 31.6 Å². The molecule has 1 fully saturated rings. The van der Waals surface area contributed by atoms with Gasteiger partial charge in [-0.2, -0.15) is 5.26 Å². The molecule has 6 nitrogen and oxygen atoms in total. The molecular weight excluding hydrogens is 322 g/mol. The Bertz CT molecular complexity index is 641. The minimum absolute atomic E-state index is 0.172. The molecular formula is C17H25N5OS. The molecule has 0 aromatic carbocycles. The van der Waals surface area contributed by atoms with Crippen molar-refractivity contribution in [1.29, 1.82) is 5.26 Å². The summed E-state index contributed by atoms with van der Waals surface area (Å²) in [5.41, 5.74) is 0.144. The molecule has 1 aliphatic rings. The van der Waals surface area contributed by atoms with E-state index in [4.69, 9.17) is 0 Å². The number of thioether (sulfide) groups is 1. The Balaban J connectivity index is 2.08. The fourth-order valence-electron chi connectivity index (χ4n) is 2.94. The summed E-state index contributed by atoms with van der Waals surface area (Å²) in [7, 11) is 1.89. The predicted octanol–water partition coefficient (Wildman–Crippen LogP) is 2.54. The quantitative estimate of drug-likeness (QED) is 0.618. The second kappa shape index (κ2) is 7.39. The monoisotopic (exact) mass is 347 g/mol. The summed E-state index contributed by atoms with van der Waals surface area (Å²) in [5.74, 6) is 0.880. The summed E-state index contributed by atoms with van der Waals surface area (Å²) in [6.07, 6.45) is 5.27. The maximum Gasteiger partial charge on any atom is 0.227 e. The van der Waals surface area contributed by atoms with E-state index in [1.54, 1.807) is 6.20 Å². The summed E-state index contributed by atoms with van der Waals surface area (Å²) in [6.45, 7) is 7.42. The van der Waals surface area contributed by atoms with Crippen molar-refractivity contribution in [3.8, 4) is 6.07 Å². The Morgan fingerprint density at radius 2 is 2.04 bits per heavy atom. The van der Waals surface area contributed by atoms with Gasteiger partial charge < -0.3 is 9.80 Å². The summed E-state index contributed by atoms with van der Waals surface area (Å²) < 4.78 is 0. The number of anilines is 1. The second-order valence-corrected chi connectivity index (χ2v) is 7.86. The molecule has 2 heterocycles. The fraction of sp³-hybridized carbons (Fsp3) is 0.647. The van der Waals surface area contributed by atoms with Crippen LogP contribution in [0, 0.1) is 16.7 Å². The zero-order valence-corrected chi connectivity index (χ0v) is 15.9. The van der Waals surface area contributed by atoms with E-state index in [1.165, 1.54) is 11.8 Å². The topological polar surface area (TPSA) is 73.1 Å². The van der Waals surface area contributed by atoms with Crippen LogP contribution in [0.4, 0.5) is 5.82 Å². The van der Waals surface area contributed by atoms with Crippen LogP contribution in [-0.2, 0) is 4.79 Å². The van der Waals surface area contributed by atoms with Crippen LogP contribution < -0.4 is 4.90 Å². The molecule has 130 valence electrons. The van der Waals surface area contributed by atoms with Gasteiger partial charge in [0.25, 0.3) is 0 Å². The highest BCUT2D eigenvalue weighted by Crippen LogP contribution is 2.27. The Morgan fingerprint density at radius 1 is 1.42 bits per heavy atom. The van der Waals surface area contributed by atoms with E-state index >= 15 is 0 Å². The van der Waals surface area contributed by atoms with Gasteiger partial charge in [0.05, 0.1) is 6.20 Å². The number of aromatic nitrogens is 2. The van der Waals surface area contributed by atoms with Crippen molar-refractivity contribution in [2.45, 2.75) is 44.8 Å². The van der Waals surface area contributed by atoms with Gasteiger partial charge in [-0.25, -0.2) is 9.97 Å². The van der Waals surface area contributed by atoms with Crippen molar-refractivity contribution >= 4 is 23.5 Å². The molecule has 1 saturated heterocycles. The first-order valence-electron chi connectivity index (χ1n) is 8.11. The first-order valence-corrected chi connectivity index (χ1v) is 9.33. The molecule has 0 bridgehead atoms. The number of amides is 1. The zero-order chi connectivity index (χ0) is 17.9. The molecule has 1 amide bonds. The summed E-state index contributed by atoms with van der Waals surface area (Å²) in [6, 6.07) is 2.41. The number of nitrogens with zero attached hydrogens (tertiary/aromatic N) is 5. The number of piperidine rings is 1. The molecule has 0 aliphatic carbocycles. The van der Waals surface area contributed by atoms with Crippen LogP contribution in [0.3, 0.4) is 0 Å². The van der Waals surface area contributed by atoms with Crippen LogP contribution in [0.1, 0.15) is 39.2 Å². The molecule has 0 saturated carbocycles. The lowest BCUT2D eigenvalue weighted by Gasteiger charge is -2.39. The van der Waals surface area contributed by atoms with Crippen molar-refractivity contribution < 1.29 is 4.79 Å². The average Bonchev–Trinajstić information content (AvgIpc) is 2.59.